The number of ketones is 1. The summed E-state index contributed by atoms with van der Waals surface area (Å²) in [4.78, 5) is 16.1. The van der Waals surface area contributed by atoms with Crippen LogP contribution in [0.2, 0.25) is 0 Å². The fourth-order valence-electron chi connectivity index (χ4n) is 2.67. The summed E-state index contributed by atoms with van der Waals surface area (Å²) in [5.74, 6) is 0.447. The van der Waals surface area contributed by atoms with Gasteiger partial charge in [-0.15, -0.1) is 0 Å². The number of hydrogen-bond donors (Lipinski definition) is 0. The highest BCUT2D eigenvalue weighted by atomic mass is 16.5. The number of hydrogen-bond acceptors (Lipinski definition) is 4. The highest BCUT2D eigenvalue weighted by Gasteiger charge is 2.22. The third kappa shape index (κ3) is 4.05. The summed E-state index contributed by atoms with van der Waals surface area (Å²) in [6.45, 7) is 6.13. The Bertz CT molecular complexity index is 242. The molecule has 1 saturated carbocycles. The second-order valence-corrected chi connectivity index (χ2v) is 5.20. The minimum absolute atomic E-state index is 0.447. The number of Topliss-reactive ketones (excluding diaryl/α,β-unsaturated/α-hetero) is 1. The molecular weight excluding hydrogens is 216 g/mol. The summed E-state index contributed by atoms with van der Waals surface area (Å²) < 4.78 is 5.34. The zero-order valence-corrected chi connectivity index (χ0v) is 10.9. The van der Waals surface area contributed by atoms with Crippen LogP contribution in [0.25, 0.3) is 0 Å². The third-order valence-electron chi connectivity index (χ3n) is 4.01. The Morgan fingerprint density at radius 2 is 1.94 bits per heavy atom. The molecule has 0 N–H and O–H groups in total. The van der Waals surface area contributed by atoms with Crippen LogP contribution in [0.5, 0.6) is 0 Å². The minimum atomic E-state index is 0.447. The van der Waals surface area contributed by atoms with Gasteiger partial charge in [0.05, 0.1) is 13.2 Å². The molecular formula is C13H24N2O2. The molecule has 2 rings (SSSR count). The summed E-state index contributed by atoms with van der Waals surface area (Å²) in [6, 6.07) is 0.619. The summed E-state index contributed by atoms with van der Waals surface area (Å²) in [5.41, 5.74) is 0. The highest BCUT2D eigenvalue weighted by Crippen LogP contribution is 2.19. The van der Waals surface area contributed by atoms with E-state index in [-0.39, 0.29) is 0 Å². The molecule has 0 spiro atoms. The van der Waals surface area contributed by atoms with Gasteiger partial charge in [0.15, 0.2) is 0 Å². The van der Waals surface area contributed by atoms with Crippen molar-refractivity contribution in [2.24, 2.45) is 0 Å². The smallest absolute Gasteiger partial charge is 0.133 e. The molecule has 0 aromatic heterocycles. The van der Waals surface area contributed by atoms with Gasteiger partial charge in [-0.05, 0) is 19.9 Å². The van der Waals surface area contributed by atoms with Gasteiger partial charge in [-0.1, -0.05) is 0 Å². The molecule has 1 aliphatic heterocycles. The van der Waals surface area contributed by atoms with Gasteiger partial charge in [0.2, 0.25) is 0 Å². The van der Waals surface area contributed by atoms with Crippen molar-refractivity contribution in [1.29, 1.82) is 0 Å². The van der Waals surface area contributed by atoms with Crippen LogP contribution in [0.1, 0.15) is 25.7 Å². The first-order chi connectivity index (χ1) is 8.25. The third-order valence-corrected chi connectivity index (χ3v) is 4.01. The minimum Gasteiger partial charge on any atom is -0.379 e. The molecule has 0 aromatic carbocycles. The normalized spacial score (nSPS) is 24.5. The fraction of sp³-hybridized carbons (Fsp3) is 0.923. The van der Waals surface area contributed by atoms with Gasteiger partial charge in [-0.3, -0.25) is 9.69 Å². The Morgan fingerprint density at radius 3 is 2.59 bits per heavy atom. The van der Waals surface area contributed by atoms with E-state index in [0.717, 1.165) is 65.1 Å². The average Bonchev–Trinajstić information content (AvgIpc) is 2.38. The number of ether oxygens (including phenoxy) is 1. The van der Waals surface area contributed by atoms with Gasteiger partial charge in [-0.2, -0.15) is 0 Å². The van der Waals surface area contributed by atoms with E-state index in [0.29, 0.717) is 11.8 Å². The lowest BCUT2D eigenvalue weighted by molar-refractivity contribution is -0.121. The number of rotatable bonds is 4. The second kappa shape index (κ2) is 6.47. The predicted octanol–water partition coefficient (Wildman–Crippen LogP) is 0.762. The molecule has 0 radical (unpaired) electrons. The lowest BCUT2D eigenvalue weighted by Gasteiger charge is -2.33. The maximum Gasteiger partial charge on any atom is 0.133 e. The molecule has 98 valence electrons. The molecule has 2 aliphatic rings. The monoisotopic (exact) mass is 240 g/mol. The maximum absolute atomic E-state index is 11.2. The number of carbonyl (C=O) groups excluding carboxylic acids is 1. The molecule has 0 amide bonds. The molecule has 2 fully saturated rings. The number of nitrogens with zero attached hydrogens (tertiary/aromatic N) is 2. The maximum atomic E-state index is 11.2. The van der Waals surface area contributed by atoms with E-state index >= 15 is 0 Å². The summed E-state index contributed by atoms with van der Waals surface area (Å²) >= 11 is 0. The van der Waals surface area contributed by atoms with Gasteiger partial charge >= 0.3 is 0 Å². The van der Waals surface area contributed by atoms with Crippen molar-refractivity contribution < 1.29 is 9.53 Å². The van der Waals surface area contributed by atoms with Crippen LogP contribution in [0.15, 0.2) is 0 Å². The molecule has 1 aliphatic carbocycles. The van der Waals surface area contributed by atoms with Crippen molar-refractivity contribution in [3.05, 3.63) is 0 Å². The Hall–Kier alpha value is -0.450. The van der Waals surface area contributed by atoms with Crippen molar-refractivity contribution in [3.63, 3.8) is 0 Å². The highest BCUT2D eigenvalue weighted by molar-refractivity contribution is 5.79. The van der Waals surface area contributed by atoms with Crippen LogP contribution in [-0.4, -0.2) is 68.1 Å². The number of likely N-dealkylation sites (N-methyl/N-ethyl adjacent to an activating group) is 1. The lowest BCUT2D eigenvalue weighted by Crippen LogP contribution is -2.43. The predicted molar refractivity (Wildman–Crippen MR) is 67.2 cm³/mol. The van der Waals surface area contributed by atoms with Crippen molar-refractivity contribution in [2.75, 3.05) is 46.4 Å². The summed E-state index contributed by atoms with van der Waals surface area (Å²) in [6.07, 6.45) is 3.68. The van der Waals surface area contributed by atoms with Gasteiger partial charge in [0.25, 0.3) is 0 Å². The van der Waals surface area contributed by atoms with E-state index in [9.17, 15) is 4.79 Å². The molecule has 4 nitrogen and oxygen atoms in total. The molecule has 0 unspecified atom stereocenters. The van der Waals surface area contributed by atoms with Crippen molar-refractivity contribution in [3.8, 4) is 0 Å². The molecule has 1 heterocycles. The quantitative estimate of drug-likeness (QED) is 0.726. The fourth-order valence-corrected chi connectivity index (χ4v) is 2.67. The summed E-state index contributed by atoms with van der Waals surface area (Å²) in [7, 11) is 2.20. The van der Waals surface area contributed by atoms with Crippen molar-refractivity contribution >= 4 is 5.78 Å². The topological polar surface area (TPSA) is 32.8 Å². The molecule has 4 heteroatoms. The first kappa shape index (κ1) is 13.0. The van der Waals surface area contributed by atoms with Crippen molar-refractivity contribution in [2.45, 2.75) is 31.7 Å². The van der Waals surface area contributed by atoms with Crippen LogP contribution in [0.3, 0.4) is 0 Å². The standard InChI is InChI=1S/C13H24N2O2/c1-14(12-2-4-13(16)5-3-12)6-7-15-8-10-17-11-9-15/h12H,2-11H2,1H3. The van der Waals surface area contributed by atoms with E-state index in [1.807, 2.05) is 0 Å². The zero-order valence-electron chi connectivity index (χ0n) is 10.9. The Morgan fingerprint density at radius 1 is 1.29 bits per heavy atom. The first-order valence-electron chi connectivity index (χ1n) is 6.78. The van der Waals surface area contributed by atoms with Crippen LogP contribution in [0, 0.1) is 0 Å². The molecule has 0 atom stereocenters. The lowest BCUT2D eigenvalue weighted by atomic mass is 9.93. The van der Waals surface area contributed by atoms with Gasteiger partial charge in [-0.25, -0.2) is 0 Å². The summed E-state index contributed by atoms with van der Waals surface area (Å²) in [5, 5.41) is 0. The number of carbonyl (C=O) groups is 1. The molecule has 1 saturated heterocycles. The van der Waals surface area contributed by atoms with E-state index in [1.54, 1.807) is 0 Å². The van der Waals surface area contributed by atoms with E-state index in [1.165, 1.54) is 0 Å². The van der Waals surface area contributed by atoms with Gasteiger partial charge in [0, 0.05) is 45.1 Å². The Kier molecular flexibility index (Phi) is 4.95. The van der Waals surface area contributed by atoms with E-state index in [2.05, 4.69) is 16.8 Å². The molecule has 17 heavy (non-hydrogen) atoms. The Labute approximate surface area is 104 Å². The average molecular weight is 240 g/mol. The SMILES string of the molecule is CN(CCN1CCOCC1)C1CCC(=O)CC1. The molecule has 0 bridgehead atoms. The number of morpholine rings is 1. The zero-order chi connectivity index (χ0) is 12.1. The largest absolute Gasteiger partial charge is 0.379 e. The van der Waals surface area contributed by atoms with Crippen LogP contribution in [0.4, 0.5) is 0 Å². The van der Waals surface area contributed by atoms with Crippen LogP contribution in [-0.2, 0) is 9.53 Å². The molecule has 0 aromatic rings. The van der Waals surface area contributed by atoms with Crippen LogP contribution >= 0.6 is 0 Å². The first-order valence-corrected chi connectivity index (χ1v) is 6.78. The van der Waals surface area contributed by atoms with Gasteiger partial charge < -0.3 is 9.64 Å². The van der Waals surface area contributed by atoms with E-state index < -0.39 is 0 Å². The Balaban J connectivity index is 1.65. The second-order valence-electron chi connectivity index (χ2n) is 5.20. The van der Waals surface area contributed by atoms with Crippen molar-refractivity contribution in [1.82, 2.24) is 9.80 Å². The van der Waals surface area contributed by atoms with Gasteiger partial charge in [0.1, 0.15) is 5.78 Å². The van der Waals surface area contributed by atoms with Crippen LogP contribution < -0.4 is 0 Å². The van der Waals surface area contributed by atoms with E-state index in [4.69, 9.17) is 4.74 Å².